The van der Waals surface area contributed by atoms with Gasteiger partial charge in [-0.1, -0.05) is 41.9 Å². The monoisotopic (exact) mass is 397 g/mol. The van der Waals surface area contributed by atoms with Gasteiger partial charge in [-0.25, -0.2) is 0 Å². The lowest BCUT2D eigenvalue weighted by atomic mass is 10.1. The zero-order valence-electron chi connectivity index (χ0n) is 14.8. The molecule has 0 bridgehead atoms. The number of carbonyl (C=O) groups is 2. The Morgan fingerprint density at radius 2 is 1.93 bits per heavy atom. The van der Waals surface area contributed by atoms with Crippen LogP contribution < -0.4 is 0 Å². The van der Waals surface area contributed by atoms with E-state index in [0.29, 0.717) is 18.1 Å². The first kappa shape index (κ1) is 18.0. The van der Waals surface area contributed by atoms with Crippen LogP contribution in [0.2, 0.25) is 5.02 Å². The van der Waals surface area contributed by atoms with Crippen molar-refractivity contribution in [2.75, 3.05) is 6.54 Å². The maximum atomic E-state index is 12.9. The van der Waals surface area contributed by atoms with Crippen molar-refractivity contribution in [1.82, 2.24) is 9.80 Å². The molecule has 1 saturated heterocycles. The van der Waals surface area contributed by atoms with E-state index in [1.165, 1.54) is 0 Å². The van der Waals surface area contributed by atoms with Gasteiger partial charge in [0.15, 0.2) is 0 Å². The first-order valence-corrected chi connectivity index (χ1v) is 9.92. The Bertz CT molecular complexity index is 1000. The molecule has 2 heterocycles. The second-order valence-electron chi connectivity index (χ2n) is 6.70. The average molecular weight is 398 g/mol. The molecule has 27 heavy (non-hydrogen) atoms. The van der Waals surface area contributed by atoms with E-state index in [0.717, 1.165) is 20.5 Å². The molecule has 4 nitrogen and oxygen atoms in total. The molecule has 1 aromatic heterocycles. The molecule has 6 heteroatoms. The van der Waals surface area contributed by atoms with Crippen LogP contribution in [0.4, 0.5) is 0 Å². The van der Waals surface area contributed by atoms with Crippen molar-refractivity contribution in [2.45, 2.75) is 26.1 Å². The minimum Gasteiger partial charge on any atom is -0.326 e. The molecular weight excluding hydrogens is 380 g/mol. The third kappa shape index (κ3) is 3.70. The second-order valence-corrected chi connectivity index (χ2v) is 8.30. The Labute approximate surface area is 167 Å². The van der Waals surface area contributed by atoms with Gasteiger partial charge in [-0.3, -0.25) is 9.59 Å². The third-order valence-corrected chi connectivity index (χ3v) is 6.12. The summed E-state index contributed by atoms with van der Waals surface area (Å²) in [7, 11) is 0. The molecule has 137 valence electrons. The van der Waals surface area contributed by atoms with Gasteiger partial charge in [0.2, 0.25) is 11.8 Å². The van der Waals surface area contributed by atoms with Crippen molar-refractivity contribution < 1.29 is 9.59 Å². The highest BCUT2D eigenvalue weighted by Gasteiger charge is 2.36. The van der Waals surface area contributed by atoms with Gasteiger partial charge in [-0.05, 0) is 42.1 Å². The number of benzene rings is 2. The van der Waals surface area contributed by atoms with Crippen molar-refractivity contribution in [3.05, 3.63) is 70.1 Å². The smallest absolute Gasteiger partial charge is 0.245 e. The highest BCUT2D eigenvalue weighted by atomic mass is 35.5. The van der Waals surface area contributed by atoms with Crippen LogP contribution >= 0.6 is 22.9 Å². The van der Waals surface area contributed by atoms with Crippen molar-refractivity contribution in [3.8, 4) is 0 Å². The molecule has 1 aliphatic rings. The van der Waals surface area contributed by atoms with Crippen molar-refractivity contribution in [2.24, 2.45) is 0 Å². The molecule has 2 aromatic carbocycles. The fourth-order valence-corrected chi connectivity index (χ4v) is 4.71. The van der Waals surface area contributed by atoms with Crippen molar-refractivity contribution >= 4 is 44.8 Å². The van der Waals surface area contributed by atoms with E-state index in [2.05, 4.69) is 12.1 Å². The van der Waals surface area contributed by atoms with E-state index in [1.54, 1.807) is 28.1 Å². The number of fused-ring (bicyclic) bond motifs is 1. The van der Waals surface area contributed by atoms with Crippen LogP contribution in [-0.4, -0.2) is 34.2 Å². The minimum atomic E-state index is -0.473. The third-order valence-electron chi connectivity index (χ3n) is 4.80. The van der Waals surface area contributed by atoms with E-state index >= 15 is 0 Å². The molecular formula is C21H18ClN2O2S. The first-order chi connectivity index (χ1) is 13.0. The summed E-state index contributed by atoms with van der Waals surface area (Å²) < 4.78 is 1.09. The molecule has 1 aliphatic heterocycles. The van der Waals surface area contributed by atoms with Gasteiger partial charge < -0.3 is 9.80 Å². The predicted octanol–water partition coefficient (Wildman–Crippen LogP) is 4.11. The molecule has 4 rings (SSSR count). The van der Waals surface area contributed by atoms with Crippen LogP contribution in [0.1, 0.15) is 17.4 Å². The van der Waals surface area contributed by atoms with Crippen molar-refractivity contribution in [1.29, 1.82) is 0 Å². The van der Waals surface area contributed by atoms with Crippen LogP contribution in [-0.2, 0) is 22.7 Å². The summed E-state index contributed by atoms with van der Waals surface area (Å²) in [6.07, 6.45) is 0. The summed E-state index contributed by atoms with van der Waals surface area (Å²) in [6.45, 7) is 2.79. The van der Waals surface area contributed by atoms with E-state index < -0.39 is 6.04 Å². The summed E-state index contributed by atoms with van der Waals surface area (Å²) in [4.78, 5) is 29.9. The summed E-state index contributed by atoms with van der Waals surface area (Å²) >= 11 is 7.66. The topological polar surface area (TPSA) is 40.6 Å². The molecule has 0 aliphatic carbocycles. The number of amides is 2. The Morgan fingerprint density at radius 3 is 2.70 bits per heavy atom. The second kappa shape index (κ2) is 7.33. The van der Waals surface area contributed by atoms with Gasteiger partial charge in [0.05, 0.1) is 6.54 Å². The van der Waals surface area contributed by atoms with Crippen LogP contribution in [0.3, 0.4) is 0 Å². The van der Waals surface area contributed by atoms with Crippen LogP contribution in [0, 0.1) is 6.07 Å². The summed E-state index contributed by atoms with van der Waals surface area (Å²) in [5, 5.41) is 1.80. The van der Waals surface area contributed by atoms with Gasteiger partial charge in [-0.2, -0.15) is 0 Å². The Hall–Kier alpha value is -2.37. The van der Waals surface area contributed by atoms with Gasteiger partial charge in [-0.15, -0.1) is 11.3 Å². The number of hydrogen-bond acceptors (Lipinski definition) is 3. The zero-order valence-corrected chi connectivity index (χ0v) is 16.4. The molecule has 0 saturated carbocycles. The highest BCUT2D eigenvalue weighted by molar-refractivity contribution is 7.19. The molecule has 0 N–H and O–H groups in total. The first-order valence-electron chi connectivity index (χ1n) is 8.72. The molecule has 0 unspecified atom stereocenters. The summed E-state index contributed by atoms with van der Waals surface area (Å²) in [6, 6.07) is 17.8. The number of piperazine rings is 1. The number of thiophene rings is 1. The predicted molar refractivity (Wildman–Crippen MR) is 108 cm³/mol. The SMILES string of the molecule is C[C@H]1C(=O)N(Cc2cc3ccc(Cl)cc3s2)CC(=O)N1Cc1cc[c]cc1. The molecule has 1 radical (unpaired) electrons. The molecule has 0 spiro atoms. The normalized spacial score (nSPS) is 17.8. The van der Waals surface area contributed by atoms with E-state index in [-0.39, 0.29) is 18.4 Å². The van der Waals surface area contributed by atoms with E-state index in [9.17, 15) is 9.59 Å². The largest absolute Gasteiger partial charge is 0.326 e. The maximum absolute atomic E-state index is 12.9. The van der Waals surface area contributed by atoms with Crippen LogP contribution in [0.25, 0.3) is 10.1 Å². The lowest BCUT2D eigenvalue weighted by Gasteiger charge is -2.38. The van der Waals surface area contributed by atoms with Gasteiger partial charge in [0.1, 0.15) is 12.6 Å². The van der Waals surface area contributed by atoms with Crippen LogP contribution in [0.15, 0.2) is 48.5 Å². The number of hydrogen-bond donors (Lipinski definition) is 0. The fourth-order valence-electron chi connectivity index (χ4n) is 3.35. The van der Waals surface area contributed by atoms with Gasteiger partial charge >= 0.3 is 0 Å². The van der Waals surface area contributed by atoms with Crippen LogP contribution in [0.5, 0.6) is 0 Å². The quantitative estimate of drug-likeness (QED) is 0.664. The molecule has 1 fully saturated rings. The molecule has 2 amide bonds. The number of nitrogens with zero attached hydrogens (tertiary/aromatic N) is 2. The van der Waals surface area contributed by atoms with Gasteiger partial charge in [0.25, 0.3) is 0 Å². The number of halogens is 1. The lowest BCUT2D eigenvalue weighted by Crippen LogP contribution is -2.57. The van der Waals surface area contributed by atoms with E-state index in [1.807, 2.05) is 42.5 Å². The zero-order chi connectivity index (χ0) is 19.0. The summed E-state index contributed by atoms with van der Waals surface area (Å²) in [5.41, 5.74) is 0.997. The maximum Gasteiger partial charge on any atom is 0.245 e. The standard InChI is InChI=1S/C21H18ClN2O2S/c1-14-21(26)23(12-18-9-16-7-8-17(22)10-19(16)27-18)13-20(25)24(14)11-15-5-3-2-4-6-15/h3-10,14H,11-13H2,1H3/t14-/m0/s1. The van der Waals surface area contributed by atoms with Crippen molar-refractivity contribution in [3.63, 3.8) is 0 Å². The Balaban J connectivity index is 1.50. The van der Waals surface area contributed by atoms with E-state index in [4.69, 9.17) is 11.6 Å². The number of rotatable bonds is 4. The highest BCUT2D eigenvalue weighted by Crippen LogP contribution is 2.30. The molecule has 3 aromatic rings. The molecule has 1 atom stereocenters. The van der Waals surface area contributed by atoms with Gasteiger partial charge in [0, 0.05) is 21.1 Å². The minimum absolute atomic E-state index is 0.0208. The fraction of sp³-hybridized carbons (Fsp3) is 0.238. The summed E-state index contributed by atoms with van der Waals surface area (Å²) in [5.74, 6) is -0.0494. The average Bonchev–Trinajstić information content (AvgIpc) is 3.05. The number of carbonyl (C=O) groups excluding carboxylic acids is 2. The Kier molecular flexibility index (Phi) is 4.89. The lowest BCUT2D eigenvalue weighted by molar-refractivity contribution is -0.156. The Morgan fingerprint density at radius 1 is 1.15 bits per heavy atom.